The van der Waals surface area contributed by atoms with Crippen LogP contribution < -0.4 is 10.0 Å². The molecule has 0 aliphatic carbocycles. The molecular weight excluding hydrogens is 362 g/mol. The molecule has 2 N–H and O–H groups in total. The summed E-state index contributed by atoms with van der Waals surface area (Å²) in [6, 6.07) is 16.9. The van der Waals surface area contributed by atoms with Gasteiger partial charge in [-0.3, -0.25) is 4.79 Å². The van der Waals surface area contributed by atoms with E-state index in [1.807, 2.05) is 37.3 Å². The molecule has 0 aliphatic rings. The van der Waals surface area contributed by atoms with Crippen LogP contribution in [-0.4, -0.2) is 25.4 Å². The monoisotopic (exact) mass is 383 g/mol. The Labute approximate surface area is 158 Å². The summed E-state index contributed by atoms with van der Waals surface area (Å²) in [6.45, 7) is 3.71. The molecule has 0 radical (unpaired) electrons. The topological polar surface area (TPSA) is 88.2 Å². The summed E-state index contributed by atoms with van der Waals surface area (Å²) in [4.78, 5) is 16.9. The number of nitrogens with zero attached hydrogens (tertiary/aromatic N) is 1. The van der Waals surface area contributed by atoms with Gasteiger partial charge in [-0.15, -0.1) is 0 Å². The fourth-order valence-corrected chi connectivity index (χ4v) is 3.85. The van der Waals surface area contributed by atoms with Crippen molar-refractivity contribution in [1.29, 1.82) is 0 Å². The maximum Gasteiger partial charge on any atom is 0.256 e. The number of hydrogen-bond donors (Lipinski definition) is 2. The van der Waals surface area contributed by atoms with E-state index in [1.54, 1.807) is 13.0 Å². The van der Waals surface area contributed by atoms with Crippen molar-refractivity contribution in [2.24, 2.45) is 0 Å². The van der Waals surface area contributed by atoms with Crippen molar-refractivity contribution in [3.05, 3.63) is 66.2 Å². The lowest BCUT2D eigenvalue weighted by Gasteiger charge is -2.12. The Balaban J connectivity index is 1.75. The van der Waals surface area contributed by atoms with Crippen LogP contribution in [-0.2, 0) is 10.0 Å². The first-order valence-corrected chi connectivity index (χ1v) is 10.2. The minimum atomic E-state index is -3.59. The molecule has 6 nitrogen and oxygen atoms in total. The molecule has 7 heteroatoms. The lowest BCUT2D eigenvalue weighted by Crippen LogP contribution is -2.32. The molecule has 0 fully saturated rings. The van der Waals surface area contributed by atoms with Crippen molar-refractivity contribution in [3.63, 3.8) is 0 Å². The zero-order chi connectivity index (χ0) is 19.4. The van der Waals surface area contributed by atoms with Gasteiger partial charge in [-0.05, 0) is 55.8 Å². The molecule has 1 aromatic heterocycles. The van der Waals surface area contributed by atoms with Gasteiger partial charge in [0.05, 0.1) is 10.4 Å². The molecule has 0 saturated carbocycles. The fraction of sp³-hybridized carbons (Fsp3) is 0.200. The second-order valence-electron chi connectivity index (χ2n) is 6.30. The van der Waals surface area contributed by atoms with Crippen molar-refractivity contribution in [2.75, 3.05) is 5.32 Å². The van der Waals surface area contributed by atoms with Gasteiger partial charge in [0.1, 0.15) is 5.82 Å². The minimum absolute atomic E-state index is 0.128. The van der Waals surface area contributed by atoms with E-state index in [2.05, 4.69) is 15.0 Å². The van der Waals surface area contributed by atoms with Gasteiger partial charge < -0.3 is 5.32 Å². The van der Waals surface area contributed by atoms with Crippen LogP contribution in [0.4, 0.5) is 5.82 Å². The van der Waals surface area contributed by atoms with E-state index >= 15 is 0 Å². The Hall–Kier alpha value is -2.77. The highest BCUT2D eigenvalue weighted by Gasteiger charge is 2.17. The van der Waals surface area contributed by atoms with E-state index in [4.69, 9.17) is 0 Å². The Morgan fingerprint density at radius 3 is 2.44 bits per heavy atom. The maximum absolute atomic E-state index is 12.4. The van der Waals surface area contributed by atoms with Crippen molar-refractivity contribution in [3.8, 4) is 0 Å². The molecule has 3 aromatic rings. The van der Waals surface area contributed by atoms with Crippen LogP contribution in [0.5, 0.6) is 0 Å². The molecule has 0 spiro atoms. The molecule has 0 unspecified atom stereocenters. The Kier molecular flexibility index (Phi) is 5.53. The van der Waals surface area contributed by atoms with Gasteiger partial charge in [0.25, 0.3) is 5.91 Å². The summed E-state index contributed by atoms with van der Waals surface area (Å²) in [6.07, 6.45) is 0.693. The number of anilines is 1. The summed E-state index contributed by atoms with van der Waals surface area (Å²) in [5.74, 6) is 0.0884. The number of para-hydroxylation sites is 1. The lowest BCUT2D eigenvalue weighted by atomic mass is 10.2. The molecule has 1 amide bonds. The molecule has 0 bridgehead atoms. The summed E-state index contributed by atoms with van der Waals surface area (Å²) in [7, 11) is -3.59. The van der Waals surface area contributed by atoms with Crippen LogP contribution in [0.3, 0.4) is 0 Å². The molecule has 2 aromatic carbocycles. The van der Waals surface area contributed by atoms with Crippen molar-refractivity contribution in [1.82, 2.24) is 9.71 Å². The number of carbonyl (C=O) groups excluding carboxylic acids is 1. The average Bonchev–Trinajstić information content (AvgIpc) is 2.67. The van der Waals surface area contributed by atoms with Crippen LogP contribution in [0.2, 0.25) is 0 Å². The molecule has 27 heavy (non-hydrogen) atoms. The third-order valence-corrected chi connectivity index (χ3v) is 5.84. The Morgan fingerprint density at radius 1 is 1.04 bits per heavy atom. The third kappa shape index (κ3) is 4.50. The standard InChI is InChI=1S/C20H21N3O3S/c1-3-14(2)23-27(25,26)17-11-8-16(9-12-17)20(24)22-19-13-10-15-6-4-5-7-18(15)21-19/h4-14,23H,3H2,1-2H3,(H,21,22,24)/t14-/m0/s1. The largest absolute Gasteiger partial charge is 0.307 e. The number of pyridine rings is 1. The zero-order valence-corrected chi connectivity index (χ0v) is 16.0. The van der Waals surface area contributed by atoms with E-state index in [1.165, 1.54) is 24.3 Å². The van der Waals surface area contributed by atoms with E-state index in [0.29, 0.717) is 17.8 Å². The van der Waals surface area contributed by atoms with E-state index in [-0.39, 0.29) is 16.8 Å². The van der Waals surface area contributed by atoms with Gasteiger partial charge in [-0.1, -0.05) is 25.1 Å². The minimum Gasteiger partial charge on any atom is -0.307 e. The highest BCUT2D eigenvalue weighted by Crippen LogP contribution is 2.16. The van der Waals surface area contributed by atoms with Gasteiger partial charge in [-0.25, -0.2) is 18.1 Å². The highest BCUT2D eigenvalue weighted by atomic mass is 32.2. The number of hydrogen-bond acceptors (Lipinski definition) is 4. The second kappa shape index (κ2) is 7.85. The molecule has 0 saturated heterocycles. The van der Waals surface area contributed by atoms with Crippen molar-refractivity contribution in [2.45, 2.75) is 31.2 Å². The van der Waals surface area contributed by atoms with Crippen LogP contribution in [0.15, 0.2) is 65.6 Å². The SMILES string of the molecule is CC[C@H](C)NS(=O)(=O)c1ccc(C(=O)Nc2ccc3ccccc3n2)cc1. The summed E-state index contributed by atoms with van der Waals surface area (Å²) in [5, 5.41) is 3.72. The van der Waals surface area contributed by atoms with Crippen LogP contribution >= 0.6 is 0 Å². The van der Waals surface area contributed by atoms with E-state index in [0.717, 1.165) is 10.9 Å². The van der Waals surface area contributed by atoms with Crippen LogP contribution in [0.25, 0.3) is 10.9 Å². The number of amides is 1. The van der Waals surface area contributed by atoms with E-state index < -0.39 is 10.0 Å². The van der Waals surface area contributed by atoms with Crippen molar-refractivity contribution >= 4 is 32.7 Å². The summed E-state index contributed by atoms with van der Waals surface area (Å²) < 4.78 is 27.1. The van der Waals surface area contributed by atoms with Gasteiger partial charge in [0.15, 0.2) is 0 Å². The Bertz CT molecular complexity index is 1060. The van der Waals surface area contributed by atoms with Gasteiger partial charge >= 0.3 is 0 Å². The number of benzene rings is 2. The smallest absolute Gasteiger partial charge is 0.256 e. The fourth-order valence-electron chi connectivity index (χ4n) is 2.53. The quantitative estimate of drug-likeness (QED) is 0.681. The Morgan fingerprint density at radius 2 is 1.74 bits per heavy atom. The van der Waals surface area contributed by atoms with Crippen LogP contribution in [0.1, 0.15) is 30.6 Å². The number of fused-ring (bicyclic) bond motifs is 1. The number of nitrogens with one attached hydrogen (secondary N) is 2. The van der Waals surface area contributed by atoms with E-state index in [9.17, 15) is 13.2 Å². The number of aromatic nitrogens is 1. The third-order valence-electron chi connectivity index (χ3n) is 4.24. The normalized spacial score (nSPS) is 12.7. The number of carbonyl (C=O) groups is 1. The average molecular weight is 383 g/mol. The van der Waals surface area contributed by atoms with Gasteiger partial charge in [0.2, 0.25) is 10.0 Å². The second-order valence-corrected chi connectivity index (χ2v) is 8.01. The first-order valence-electron chi connectivity index (χ1n) is 8.68. The summed E-state index contributed by atoms with van der Waals surface area (Å²) in [5.41, 5.74) is 1.14. The van der Waals surface area contributed by atoms with Crippen molar-refractivity contribution < 1.29 is 13.2 Å². The molecule has 1 heterocycles. The first-order chi connectivity index (χ1) is 12.9. The predicted molar refractivity (Wildman–Crippen MR) is 106 cm³/mol. The number of rotatable bonds is 6. The maximum atomic E-state index is 12.4. The molecule has 1 atom stereocenters. The molecule has 3 rings (SSSR count). The van der Waals surface area contributed by atoms with Gasteiger partial charge in [0, 0.05) is 17.0 Å². The molecular formula is C20H21N3O3S. The summed E-state index contributed by atoms with van der Waals surface area (Å²) >= 11 is 0. The molecule has 0 aliphatic heterocycles. The predicted octanol–water partition coefficient (Wildman–Crippen LogP) is 3.56. The number of sulfonamides is 1. The zero-order valence-electron chi connectivity index (χ0n) is 15.1. The van der Waals surface area contributed by atoms with Crippen LogP contribution in [0, 0.1) is 0 Å². The first kappa shape index (κ1) is 19.0. The molecule has 140 valence electrons. The lowest BCUT2D eigenvalue weighted by molar-refractivity contribution is 0.102. The van der Waals surface area contributed by atoms with Gasteiger partial charge in [-0.2, -0.15) is 0 Å². The highest BCUT2D eigenvalue weighted by molar-refractivity contribution is 7.89.